The van der Waals surface area contributed by atoms with Gasteiger partial charge < -0.3 is 9.84 Å². The largest absolute Gasteiger partial charge is 0.492 e. The van der Waals surface area contributed by atoms with Crippen molar-refractivity contribution in [1.82, 2.24) is 4.98 Å². The molecule has 0 amide bonds. The summed E-state index contributed by atoms with van der Waals surface area (Å²) >= 11 is 0. The second-order valence-corrected chi connectivity index (χ2v) is 4.08. The number of rotatable bonds is 5. The summed E-state index contributed by atoms with van der Waals surface area (Å²) in [5, 5.41) is 9.93. The van der Waals surface area contributed by atoms with Gasteiger partial charge in [-0.15, -0.1) is 0 Å². The normalized spacial score (nSPS) is 17.5. The quantitative estimate of drug-likeness (QED) is 0.805. The molecular weight excluding hydrogens is 190 g/mol. The van der Waals surface area contributed by atoms with E-state index in [9.17, 15) is 5.11 Å². The number of aliphatic hydroxyl groups excluding tert-OH is 1. The van der Waals surface area contributed by atoms with Gasteiger partial charge in [0.1, 0.15) is 5.75 Å². The van der Waals surface area contributed by atoms with Crippen molar-refractivity contribution >= 4 is 0 Å². The van der Waals surface area contributed by atoms with E-state index in [1.54, 1.807) is 12.4 Å². The van der Waals surface area contributed by atoms with Gasteiger partial charge in [-0.1, -0.05) is 12.8 Å². The number of aromatic nitrogens is 1. The zero-order valence-electron chi connectivity index (χ0n) is 9.02. The molecule has 3 heteroatoms. The molecule has 1 aliphatic rings. The van der Waals surface area contributed by atoms with Crippen molar-refractivity contribution < 1.29 is 9.84 Å². The minimum Gasteiger partial charge on any atom is -0.492 e. The lowest BCUT2D eigenvalue weighted by molar-refractivity contribution is 0.159. The maximum absolute atomic E-state index is 9.93. The number of hydrogen-bond donors (Lipinski definition) is 1. The number of pyridine rings is 1. The highest BCUT2D eigenvalue weighted by Gasteiger charge is 2.25. The van der Waals surface area contributed by atoms with E-state index >= 15 is 0 Å². The SMILES string of the molecule is CCOc1cncc(C(O)CC2CC2)c1. The second kappa shape index (κ2) is 4.62. The van der Waals surface area contributed by atoms with Crippen LogP contribution < -0.4 is 4.74 Å². The van der Waals surface area contributed by atoms with Crippen molar-refractivity contribution in [2.45, 2.75) is 32.3 Å². The van der Waals surface area contributed by atoms with Gasteiger partial charge in [0.2, 0.25) is 0 Å². The summed E-state index contributed by atoms with van der Waals surface area (Å²) < 4.78 is 5.34. The first-order valence-electron chi connectivity index (χ1n) is 5.55. The van der Waals surface area contributed by atoms with Crippen LogP contribution in [0.2, 0.25) is 0 Å². The highest BCUT2D eigenvalue weighted by atomic mass is 16.5. The van der Waals surface area contributed by atoms with Crippen LogP contribution >= 0.6 is 0 Å². The molecule has 1 heterocycles. The van der Waals surface area contributed by atoms with Gasteiger partial charge in [-0.25, -0.2) is 0 Å². The average molecular weight is 207 g/mol. The molecule has 1 aromatic heterocycles. The number of aliphatic hydroxyl groups is 1. The summed E-state index contributed by atoms with van der Waals surface area (Å²) in [6.45, 7) is 2.57. The van der Waals surface area contributed by atoms with Gasteiger partial charge in [0.15, 0.2) is 0 Å². The van der Waals surface area contributed by atoms with E-state index in [0.29, 0.717) is 6.61 Å². The third kappa shape index (κ3) is 2.93. The lowest BCUT2D eigenvalue weighted by atomic mass is 10.1. The molecule has 1 aliphatic carbocycles. The number of hydrogen-bond acceptors (Lipinski definition) is 3. The molecule has 1 fully saturated rings. The van der Waals surface area contributed by atoms with Crippen molar-refractivity contribution in [3.05, 3.63) is 24.0 Å². The van der Waals surface area contributed by atoms with Gasteiger partial charge in [0.05, 0.1) is 18.9 Å². The fraction of sp³-hybridized carbons (Fsp3) is 0.583. The molecule has 15 heavy (non-hydrogen) atoms. The van der Waals surface area contributed by atoms with E-state index in [2.05, 4.69) is 4.98 Å². The molecule has 0 aliphatic heterocycles. The van der Waals surface area contributed by atoms with Crippen LogP contribution in [0.25, 0.3) is 0 Å². The molecule has 1 saturated carbocycles. The van der Waals surface area contributed by atoms with Crippen LogP contribution in [0.3, 0.4) is 0 Å². The van der Waals surface area contributed by atoms with Gasteiger partial charge in [0.25, 0.3) is 0 Å². The van der Waals surface area contributed by atoms with E-state index in [1.807, 2.05) is 13.0 Å². The summed E-state index contributed by atoms with van der Waals surface area (Å²) in [5.74, 6) is 1.46. The van der Waals surface area contributed by atoms with Crippen LogP contribution in [-0.2, 0) is 0 Å². The molecule has 0 radical (unpaired) electrons. The highest BCUT2D eigenvalue weighted by molar-refractivity contribution is 5.25. The van der Waals surface area contributed by atoms with E-state index in [0.717, 1.165) is 23.7 Å². The molecule has 0 aromatic carbocycles. The molecule has 0 spiro atoms. The Morgan fingerprint density at radius 1 is 1.53 bits per heavy atom. The van der Waals surface area contributed by atoms with Crippen molar-refractivity contribution in [3.63, 3.8) is 0 Å². The fourth-order valence-electron chi connectivity index (χ4n) is 1.67. The minimum atomic E-state index is -0.384. The Hall–Kier alpha value is -1.09. The first-order chi connectivity index (χ1) is 7.29. The maximum atomic E-state index is 9.93. The summed E-state index contributed by atoms with van der Waals surface area (Å²) in [7, 11) is 0. The van der Waals surface area contributed by atoms with Crippen molar-refractivity contribution in [3.8, 4) is 5.75 Å². The summed E-state index contributed by atoms with van der Waals surface area (Å²) in [6, 6.07) is 1.88. The first-order valence-corrected chi connectivity index (χ1v) is 5.55. The van der Waals surface area contributed by atoms with Gasteiger partial charge in [-0.05, 0) is 25.3 Å². The molecule has 3 nitrogen and oxygen atoms in total. The van der Waals surface area contributed by atoms with Gasteiger partial charge in [-0.2, -0.15) is 0 Å². The van der Waals surface area contributed by atoms with Crippen LogP contribution in [0.4, 0.5) is 0 Å². The first kappa shape index (κ1) is 10.4. The topological polar surface area (TPSA) is 42.4 Å². The molecule has 1 atom stereocenters. The van der Waals surface area contributed by atoms with Gasteiger partial charge in [-0.3, -0.25) is 4.98 Å². The van der Waals surface area contributed by atoms with E-state index < -0.39 is 0 Å². The van der Waals surface area contributed by atoms with E-state index in [-0.39, 0.29) is 6.10 Å². The zero-order chi connectivity index (χ0) is 10.7. The van der Waals surface area contributed by atoms with Gasteiger partial charge in [0, 0.05) is 11.8 Å². The van der Waals surface area contributed by atoms with E-state index in [1.165, 1.54) is 12.8 Å². The molecule has 82 valence electrons. The minimum absolute atomic E-state index is 0.384. The smallest absolute Gasteiger partial charge is 0.137 e. The second-order valence-electron chi connectivity index (χ2n) is 4.08. The Kier molecular flexibility index (Phi) is 3.21. The predicted molar refractivity (Wildman–Crippen MR) is 57.7 cm³/mol. The monoisotopic (exact) mass is 207 g/mol. The third-order valence-electron chi connectivity index (χ3n) is 2.68. The Labute approximate surface area is 90.1 Å². The molecular formula is C12H17NO2. The Morgan fingerprint density at radius 3 is 3.00 bits per heavy atom. The van der Waals surface area contributed by atoms with Crippen molar-refractivity contribution in [1.29, 1.82) is 0 Å². The Morgan fingerprint density at radius 2 is 2.33 bits per heavy atom. The lowest BCUT2D eigenvalue weighted by Gasteiger charge is -2.11. The molecule has 1 aromatic rings. The summed E-state index contributed by atoms with van der Waals surface area (Å²) in [6.07, 6.45) is 6.39. The van der Waals surface area contributed by atoms with Gasteiger partial charge >= 0.3 is 0 Å². The Bertz CT molecular complexity index is 323. The molecule has 1 N–H and O–H groups in total. The predicted octanol–water partition coefficient (Wildman–Crippen LogP) is 2.31. The average Bonchev–Trinajstić information content (AvgIpc) is 3.03. The highest BCUT2D eigenvalue weighted by Crippen LogP contribution is 2.37. The third-order valence-corrected chi connectivity index (χ3v) is 2.68. The summed E-state index contributed by atoms with van der Waals surface area (Å²) in [4.78, 5) is 4.07. The number of nitrogens with zero attached hydrogens (tertiary/aromatic N) is 1. The van der Waals surface area contributed by atoms with Crippen LogP contribution in [0, 0.1) is 5.92 Å². The van der Waals surface area contributed by atoms with Crippen LogP contribution in [0.5, 0.6) is 5.75 Å². The Balaban J connectivity index is 2.01. The van der Waals surface area contributed by atoms with Crippen molar-refractivity contribution in [2.24, 2.45) is 5.92 Å². The summed E-state index contributed by atoms with van der Waals surface area (Å²) in [5.41, 5.74) is 0.868. The molecule has 0 bridgehead atoms. The van der Waals surface area contributed by atoms with Crippen LogP contribution in [0.15, 0.2) is 18.5 Å². The number of ether oxygens (including phenoxy) is 1. The van der Waals surface area contributed by atoms with Crippen LogP contribution in [0.1, 0.15) is 37.9 Å². The fourth-order valence-corrected chi connectivity index (χ4v) is 1.67. The van der Waals surface area contributed by atoms with Crippen molar-refractivity contribution in [2.75, 3.05) is 6.61 Å². The van der Waals surface area contributed by atoms with Crippen LogP contribution in [-0.4, -0.2) is 16.7 Å². The molecule has 0 saturated heterocycles. The zero-order valence-corrected chi connectivity index (χ0v) is 9.02. The standard InChI is InChI=1S/C12H17NO2/c1-2-15-11-6-10(7-13-8-11)12(14)5-9-3-4-9/h6-9,12,14H,2-5H2,1H3. The molecule has 1 unspecified atom stereocenters. The maximum Gasteiger partial charge on any atom is 0.137 e. The van der Waals surface area contributed by atoms with E-state index in [4.69, 9.17) is 4.74 Å². The lowest BCUT2D eigenvalue weighted by Crippen LogP contribution is -2.00. The molecule has 2 rings (SSSR count).